The Bertz CT molecular complexity index is 446. The molecule has 2 N–H and O–H groups in total. The van der Waals surface area contributed by atoms with Gasteiger partial charge in [-0.1, -0.05) is 6.92 Å². The number of carbonyl (C=O) groups is 1. The molecule has 0 saturated heterocycles. The minimum atomic E-state index is -0.141. The molecule has 0 amide bonds. The number of hydrogen-bond acceptors (Lipinski definition) is 4. The number of nitrogens with one attached hydrogen (secondary N) is 2. The van der Waals surface area contributed by atoms with Crippen LogP contribution in [-0.4, -0.2) is 38.2 Å². The predicted molar refractivity (Wildman–Crippen MR) is 92.6 cm³/mol. The maximum absolute atomic E-state index is 11.3. The quantitative estimate of drug-likeness (QED) is 0.317. The lowest BCUT2D eigenvalue weighted by atomic mass is 10.1. The lowest BCUT2D eigenvalue weighted by molar-refractivity contribution is -0.143. The van der Waals surface area contributed by atoms with Crippen molar-refractivity contribution in [2.24, 2.45) is 4.99 Å². The van der Waals surface area contributed by atoms with Crippen molar-refractivity contribution in [2.45, 2.75) is 39.5 Å². The molecule has 0 aliphatic rings. The predicted octanol–water partition coefficient (Wildman–Crippen LogP) is 2.75. The number of nitrogens with zero attached hydrogens (tertiary/aromatic N) is 1. The molecular formula is C16H27N3O2S. The Balaban J connectivity index is 2.34. The van der Waals surface area contributed by atoms with Crippen LogP contribution in [0.1, 0.15) is 45.1 Å². The van der Waals surface area contributed by atoms with E-state index in [1.807, 2.05) is 13.8 Å². The van der Waals surface area contributed by atoms with E-state index in [1.54, 1.807) is 11.3 Å². The minimum Gasteiger partial charge on any atom is -0.466 e. The number of thiophene rings is 1. The molecule has 5 nitrogen and oxygen atoms in total. The van der Waals surface area contributed by atoms with Gasteiger partial charge in [0.15, 0.2) is 5.96 Å². The van der Waals surface area contributed by atoms with E-state index in [1.165, 1.54) is 5.56 Å². The second-order valence-electron chi connectivity index (χ2n) is 5.01. The van der Waals surface area contributed by atoms with Gasteiger partial charge in [-0.05, 0) is 42.7 Å². The van der Waals surface area contributed by atoms with Crippen LogP contribution < -0.4 is 10.6 Å². The van der Waals surface area contributed by atoms with Crippen molar-refractivity contribution >= 4 is 23.3 Å². The summed E-state index contributed by atoms with van der Waals surface area (Å²) in [6.45, 7) is 8.74. The van der Waals surface area contributed by atoms with Gasteiger partial charge in [-0.25, -0.2) is 0 Å². The largest absolute Gasteiger partial charge is 0.466 e. The van der Waals surface area contributed by atoms with Crippen LogP contribution in [0.2, 0.25) is 0 Å². The highest BCUT2D eigenvalue weighted by Crippen LogP contribution is 2.18. The molecule has 1 aromatic rings. The second-order valence-corrected chi connectivity index (χ2v) is 5.79. The SMILES string of the molecule is CCNC(=NCC(C)c1ccsc1)NCCCC(=O)OCC. The van der Waals surface area contributed by atoms with E-state index in [9.17, 15) is 4.79 Å². The van der Waals surface area contributed by atoms with E-state index in [4.69, 9.17) is 4.74 Å². The van der Waals surface area contributed by atoms with Gasteiger partial charge in [-0.2, -0.15) is 11.3 Å². The molecule has 124 valence electrons. The average Bonchev–Trinajstić information content (AvgIpc) is 3.03. The van der Waals surface area contributed by atoms with E-state index in [0.717, 1.165) is 25.5 Å². The van der Waals surface area contributed by atoms with E-state index in [2.05, 4.69) is 39.4 Å². The maximum Gasteiger partial charge on any atom is 0.305 e. The first kappa shape index (κ1) is 18.5. The van der Waals surface area contributed by atoms with Gasteiger partial charge in [0.05, 0.1) is 6.61 Å². The molecule has 0 aromatic carbocycles. The van der Waals surface area contributed by atoms with Crippen molar-refractivity contribution < 1.29 is 9.53 Å². The van der Waals surface area contributed by atoms with Crippen LogP contribution in [0.4, 0.5) is 0 Å². The first-order chi connectivity index (χ1) is 10.7. The van der Waals surface area contributed by atoms with Crippen molar-refractivity contribution in [3.8, 4) is 0 Å². The van der Waals surface area contributed by atoms with Crippen molar-refractivity contribution in [3.05, 3.63) is 22.4 Å². The number of rotatable bonds is 9. The molecule has 0 bridgehead atoms. The Labute approximate surface area is 137 Å². The number of esters is 1. The van der Waals surface area contributed by atoms with Crippen LogP contribution in [0.15, 0.2) is 21.8 Å². The van der Waals surface area contributed by atoms with Crippen LogP contribution >= 0.6 is 11.3 Å². The Kier molecular flexibility index (Phi) is 9.30. The molecule has 1 rings (SSSR count). The van der Waals surface area contributed by atoms with Gasteiger partial charge in [0.2, 0.25) is 0 Å². The molecular weight excluding hydrogens is 298 g/mol. The third-order valence-corrected chi connectivity index (χ3v) is 3.84. The highest BCUT2D eigenvalue weighted by atomic mass is 32.1. The fourth-order valence-electron chi connectivity index (χ4n) is 1.90. The molecule has 0 fully saturated rings. The highest BCUT2D eigenvalue weighted by Gasteiger charge is 2.06. The van der Waals surface area contributed by atoms with Crippen LogP contribution in [0.5, 0.6) is 0 Å². The molecule has 0 spiro atoms. The summed E-state index contributed by atoms with van der Waals surface area (Å²) >= 11 is 1.71. The van der Waals surface area contributed by atoms with Gasteiger partial charge >= 0.3 is 5.97 Å². The summed E-state index contributed by atoms with van der Waals surface area (Å²) in [5.41, 5.74) is 1.33. The van der Waals surface area contributed by atoms with E-state index < -0.39 is 0 Å². The summed E-state index contributed by atoms with van der Waals surface area (Å²) < 4.78 is 4.91. The van der Waals surface area contributed by atoms with Crippen LogP contribution in [0, 0.1) is 0 Å². The van der Waals surface area contributed by atoms with Gasteiger partial charge in [-0.15, -0.1) is 0 Å². The van der Waals surface area contributed by atoms with Crippen molar-refractivity contribution in [1.29, 1.82) is 0 Å². The number of aliphatic imine (C=N–C) groups is 1. The molecule has 0 radical (unpaired) electrons. The van der Waals surface area contributed by atoms with E-state index in [-0.39, 0.29) is 5.97 Å². The number of carbonyl (C=O) groups excluding carboxylic acids is 1. The van der Waals surface area contributed by atoms with Crippen molar-refractivity contribution in [2.75, 3.05) is 26.2 Å². The van der Waals surface area contributed by atoms with Gasteiger partial charge in [-0.3, -0.25) is 9.79 Å². The Morgan fingerprint density at radius 3 is 2.86 bits per heavy atom. The Morgan fingerprint density at radius 2 is 2.23 bits per heavy atom. The normalized spacial score (nSPS) is 12.8. The Morgan fingerprint density at radius 1 is 1.41 bits per heavy atom. The average molecular weight is 325 g/mol. The topological polar surface area (TPSA) is 62.7 Å². The van der Waals surface area contributed by atoms with Crippen molar-refractivity contribution in [3.63, 3.8) is 0 Å². The Hall–Kier alpha value is -1.56. The van der Waals surface area contributed by atoms with Crippen molar-refractivity contribution in [1.82, 2.24) is 10.6 Å². The number of hydrogen-bond donors (Lipinski definition) is 2. The van der Waals surface area contributed by atoms with Gasteiger partial charge in [0.1, 0.15) is 0 Å². The van der Waals surface area contributed by atoms with E-state index in [0.29, 0.717) is 25.5 Å². The minimum absolute atomic E-state index is 0.141. The lowest BCUT2D eigenvalue weighted by Crippen LogP contribution is -2.38. The molecule has 0 aliphatic carbocycles. The molecule has 6 heteroatoms. The van der Waals surface area contributed by atoms with Gasteiger partial charge < -0.3 is 15.4 Å². The third kappa shape index (κ3) is 7.45. The van der Waals surface area contributed by atoms with Gasteiger partial charge in [0.25, 0.3) is 0 Å². The standard InChI is InChI=1S/C16H27N3O2S/c1-4-17-16(18-9-6-7-15(20)21-5-2)19-11-13(3)14-8-10-22-12-14/h8,10,12-13H,4-7,9,11H2,1-3H3,(H2,17,18,19). The summed E-state index contributed by atoms with van der Waals surface area (Å²) in [7, 11) is 0. The fourth-order valence-corrected chi connectivity index (χ4v) is 2.69. The zero-order valence-corrected chi connectivity index (χ0v) is 14.5. The molecule has 1 heterocycles. The maximum atomic E-state index is 11.3. The van der Waals surface area contributed by atoms with Crippen LogP contribution in [0.25, 0.3) is 0 Å². The monoisotopic (exact) mass is 325 g/mol. The zero-order chi connectivity index (χ0) is 16.2. The summed E-state index contributed by atoms with van der Waals surface area (Å²) in [6.07, 6.45) is 1.18. The first-order valence-electron chi connectivity index (χ1n) is 7.87. The molecule has 0 aliphatic heterocycles. The summed E-state index contributed by atoms with van der Waals surface area (Å²) in [4.78, 5) is 15.9. The number of ether oxygens (including phenoxy) is 1. The molecule has 1 unspecified atom stereocenters. The second kappa shape index (κ2) is 11.1. The smallest absolute Gasteiger partial charge is 0.305 e. The van der Waals surface area contributed by atoms with Crippen LogP contribution in [0.3, 0.4) is 0 Å². The molecule has 1 aromatic heterocycles. The highest BCUT2D eigenvalue weighted by molar-refractivity contribution is 7.07. The lowest BCUT2D eigenvalue weighted by Gasteiger charge is -2.13. The number of guanidine groups is 1. The van der Waals surface area contributed by atoms with E-state index >= 15 is 0 Å². The molecule has 0 saturated carbocycles. The summed E-state index contributed by atoms with van der Waals surface area (Å²) in [5.74, 6) is 1.06. The van der Waals surface area contributed by atoms with Crippen LogP contribution in [-0.2, 0) is 9.53 Å². The fraction of sp³-hybridized carbons (Fsp3) is 0.625. The zero-order valence-electron chi connectivity index (χ0n) is 13.7. The molecule has 1 atom stereocenters. The first-order valence-corrected chi connectivity index (χ1v) is 8.81. The summed E-state index contributed by atoms with van der Waals surface area (Å²) in [5, 5.41) is 10.7. The van der Waals surface area contributed by atoms with Gasteiger partial charge in [0, 0.05) is 32.0 Å². The molecule has 22 heavy (non-hydrogen) atoms. The summed E-state index contributed by atoms with van der Waals surface area (Å²) in [6, 6.07) is 2.14. The third-order valence-electron chi connectivity index (χ3n) is 3.14.